The molecule has 0 fully saturated rings. The third-order valence-corrected chi connectivity index (χ3v) is 3.66. The lowest BCUT2D eigenvalue weighted by atomic mass is 10.1. The van der Waals surface area contributed by atoms with E-state index < -0.39 is 0 Å². The van der Waals surface area contributed by atoms with E-state index in [-0.39, 0.29) is 0 Å². The molecule has 0 atom stereocenters. The van der Waals surface area contributed by atoms with Gasteiger partial charge in [0.1, 0.15) is 18.1 Å². The summed E-state index contributed by atoms with van der Waals surface area (Å²) in [6, 6.07) is 12.3. The number of rotatable bonds is 2. The predicted octanol–water partition coefficient (Wildman–Crippen LogP) is 1.77. The summed E-state index contributed by atoms with van der Waals surface area (Å²) < 4.78 is 4.06. The first-order chi connectivity index (χ1) is 10.2. The molecule has 4 heteroatoms. The second-order valence-corrected chi connectivity index (χ2v) is 5.08. The summed E-state index contributed by atoms with van der Waals surface area (Å²) in [5.41, 5.74) is 3.58. The molecular weight excluding hydrogens is 260 g/mol. The van der Waals surface area contributed by atoms with E-state index >= 15 is 0 Å². The van der Waals surface area contributed by atoms with Gasteiger partial charge < -0.3 is 0 Å². The zero-order chi connectivity index (χ0) is 14.8. The Labute approximate surface area is 124 Å². The molecule has 2 aromatic heterocycles. The van der Waals surface area contributed by atoms with Gasteiger partial charge in [-0.2, -0.15) is 0 Å². The van der Waals surface area contributed by atoms with E-state index in [1.54, 1.807) is 6.20 Å². The summed E-state index contributed by atoms with van der Waals surface area (Å²) in [4.78, 5) is 8.95. The molecular formula is C17H18N4+2. The van der Waals surface area contributed by atoms with Crippen LogP contribution in [-0.2, 0) is 14.1 Å². The SMILES string of the molecule is Cc1ccccc1-c1ccnc(-c2nccc[n+]2C)[n+]1C. The van der Waals surface area contributed by atoms with Crippen LogP contribution >= 0.6 is 0 Å². The highest BCUT2D eigenvalue weighted by atomic mass is 15.1. The number of hydrogen-bond acceptors (Lipinski definition) is 2. The summed E-state index contributed by atoms with van der Waals surface area (Å²) in [5.74, 6) is 1.69. The van der Waals surface area contributed by atoms with Crippen LogP contribution in [0.1, 0.15) is 5.56 Å². The Hall–Kier alpha value is -2.62. The van der Waals surface area contributed by atoms with Crippen LogP contribution in [0.2, 0.25) is 0 Å². The fourth-order valence-electron chi connectivity index (χ4n) is 2.49. The molecule has 3 rings (SSSR count). The number of hydrogen-bond donors (Lipinski definition) is 0. The molecule has 0 aliphatic carbocycles. The molecule has 0 bridgehead atoms. The fourth-order valence-corrected chi connectivity index (χ4v) is 2.49. The van der Waals surface area contributed by atoms with Crippen molar-refractivity contribution in [2.75, 3.05) is 0 Å². The Morgan fingerprint density at radius 1 is 0.857 bits per heavy atom. The Morgan fingerprint density at radius 2 is 1.62 bits per heavy atom. The van der Waals surface area contributed by atoms with Gasteiger partial charge in [0, 0.05) is 17.7 Å². The summed E-state index contributed by atoms with van der Waals surface area (Å²) in [6.07, 6.45) is 5.60. The number of nitrogens with zero attached hydrogens (tertiary/aromatic N) is 4. The van der Waals surface area contributed by atoms with Gasteiger partial charge in [0.25, 0.3) is 0 Å². The second-order valence-electron chi connectivity index (χ2n) is 5.08. The van der Waals surface area contributed by atoms with Gasteiger partial charge in [-0.05, 0) is 22.5 Å². The third-order valence-electron chi connectivity index (χ3n) is 3.66. The molecule has 0 amide bonds. The first-order valence-electron chi connectivity index (χ1n) is 6.90. The van der Waals surface area contributed by atoms with Crippen LogP contribution in [-0.4, -0.2) is 9.97 Å². The average Bonchev–Trinajstić information content (AvgIpc) is 2.49. The van der Waals surface area contributed by atoms with Crippen LogP contribution in [0.4, 0.5) is 0 Å². The van der Waals surface area contributed by atoms with E-state index in [0.717, 1.165) is 17.3 Å². The lowest BCUT2D eigenvalue weighted by Gasteiger charge is -2.06. The third kappa shape index (κ3) is 2.40. The topological polar surface area (TPSA) is 33.5 Å². The maximum absolute atomic E-state index is 4.50. The van der Waals surface area contributed by atoms with Gasteiger partial charge in [-0.15, -0.1) is 0 Å². The Balaban J connectivity index is 2.21. The Bertz CT molecular complexity index is 733. The van der Waals surface area contributed by atoms with Gasteiger partial charge in [-0.3, -0.25) is 0 Å². The lowest BCUT2D eigenvalue weighted by Crippen LogP contribution is -2.41. The lowest BCUT2D eigenvalue weighted by molar-refractivity contribution is -0.689. The first-order valence-corrected chi connectivity index (χ1v) is 6.90. The quantitative estimate of drug-likeness (QED) is 0.669. The minimum Gasteiger partial charge on any atom is -0.226 e. The molecule has 0 spiro atoms. The van der Waals surface area contributed by atoms with E-state index in [1.165, 1.54) is 11.1 Å². The Morgan fingerprint density at radius 3 is 2.38 bits per heavy atom. The molecule has 2 heterocycles. The molecule has 0 aliphatic rings. The van der Waals surface area contributed by atoms with Gasteiger partial charge in [0.15, 0.2) is 0 Å². The minimum absolute atomic E-state index is 0.843. The summed E-state index contributed by atoms with van der Waals surface area (Å²) in [5, 5.41) is 0. The number of aryl methyl sites for hydroxylation is 2. The highest BCUT2D eigenvalue weighted by Gasteiger charge is 2.26. The summed E-state index contributed by atoms with van der Waals surface area (Å²) in [6.45, 7) is 2.12. The first kappa shape index (κ1) is 13.4. The minimum atomic E-state index is 0.843. The maximum Gasteiger partial charge on any atom is 0.418 e. The molecule has 0 N–H and O–H groups in total. The predicted molar refractivity (Wildman–Crippen MR) is 80.0 cm³/mol. The molecule has 104 valence electrons. The van der Waals surface area contributed by atoms with E-state index in [0.29, 0.717) is 0 Å². The molecule has 0 radical (unpaired) electrons. The zero-order valence-electron chi connectivity index (χ0n) is 12.5. The largest absolute Gasteiger partial charge is 0.418 e. The van der Waals surface area contributed by atoms with Crippen molar-refractivity contribution in [2.24, 2.45) is 14.1 Å². The van der Waals surface area contributed by atoms with Crippen molar-refractivity contribution in [3.05, 3.63) is 60.6 Å². The number of aromatic nitrogens is 4. The van der Waals surface area contributed by atoms with Crippen molar-refractivity contribution < 1.29 is 9.13 Å². The standard InChI is InChI=1S/C17H18N4/c1-13-7-4-5-8-14(13)15-9-11-19-17(21(15)3)16-18-10-6-12-20(16)2/h4-12H,1-3H3/q+2. The molecule has 21 heavy (non-hydrogen) atoms. The highest BCUT2D eigenvalue weighted by molar-refractivity contribution is 5.61. The van der Waals surface area contributed by atoms with Crippen LogP contribution in [0.5, 0.6) is 0 Å². The van der Waals surface area contributed by atoms with Gasteiger partial charge in [0.05, 0.1) is 20.3 Å². The molecule has 0 aliphatic heterocycles. The van der Waals surface area contributed by atoms with Gasteiger partial charge in [0.2, 0.25) is 0 Å². The van der Waals surface area contributed by atoms with Crippen molar-refractivity contribution >= 4 is 0 Å². The monoisotopic (exact) mass is 278 g/mol. The zero-order valence-corrected chi connectivity index (χ0v) is 12.5. The van der Waals surface area contributed by atoms with Gasteiger partial charge in [-0.1, -0.05) is 24.3 Å². The fraction of sp³-hybridized carbons (Fsp3) is 0.176. The van der Waals surface area contributed by atoms with E-state index in [9.17, 15) is 0 Å². The Kier molecular flexibility index (Phi) is 3.44. The van der Waals surface area contributed by atoms with E-state index in [4.69, 9.17) is 0 Å². The van der Waals surface area contributed by atoms with Crippen LogP contribution in [0.15, 0.2) is 55.0 Å². The van der Waals surface area contributed by atoms with Crippen LogP contribution < -0.4 is 9.13 Å². The normalized spacial score (nSPS) is 10.6. The summed E-state index contributed by atoms with van der Waals surface area (Å²) in [7, 11) is 4.00. The smallest absolute Gasteiger partial charge is 0.226 e. The van der Waals surface area contributed by atoms with Crippen molar-refractivity contribution in [1.82, 2.24) is 9.97 Å². The number of benzene rings is 1. The molecule has 0 saturated heterocycles. The van der Waals surface area contributed by atoms with Crippen molar-refractivity contribution in [3.8, 4) is 22.9 Å². The van der Waals surface area contributed by atoms with Crippen molar-refractivity contribution in [3.63, 3.8) is 0 Å². The van der Waals surface area contributed by atoms with Crippen LogP contribution in [0.3, 0.4) is 0 Å². The average molecular weight is 278 g/mol. The van der Waals surface area contributed by atoms with Gasteiger partial charge in [-0.25, -0.2) is 9.13 Å². The summed E-state index contributed by atoms with van der Waals surface area (Å²) >= 11 is 0. The van der Waals surface area contributed by atoms with Crippen LogP contribution in [0, 0.1) is 6.92 Å². The molecule has 4 nitrogen and oxygen atoms in total. The van der Waals surface area contributed by atoms with E-state index in [2.05, 4.69) is 45.7 Å². The van der Waals surface area contributed by atoms with E-state index in [1.807, 2.05) is 43.2 Å². The van der Waals surface area contributed by atoms with Crippen LogP contribution in [0.25, 0.3) is 22.9 Å². The van der Waals surface area contributed by atoms with Gasteiger partial charge >= 0.3 is 11.6 Å². The molecule has 1 aromatic carbocycles. The molecule has 3 aromatic rings. The molecule has 0 unspecified atom stereocenters. The maximum atomic E-state index is 4.50. The van der Waals surface area contributed by atoms with Crippen molar-refractivity contribution in [1.29, 1.82) is 0 Å². The molecule has 0 saturated carbocycles. The highest BCUT2D eigenvalue weighted by Crippen LogP contribution is 2.20. The second kappa shape index (κ2) is 5.40. The van der Waals surface area contributed by atoms with Crippen molar-refractivity contribution in [2.45, 2.75) is 6.92 Å².